The van der Waals surface area contributed by atoms with Crippen LogP contribution in [0.2, 0.25) is 0 Å². The molecule has 0 bridgehead atoms. The van der Waals surface area contributed by atoms with Gasteiger partial charge in [-0.1, -0.05) is 23.8 Å². The van der Waals surface area contributed by atoms with Crippen molar-refractivity contribution in [3.8, 4) is 11.5 Å². The molecular weight excluding hydrogens is 290 g/mol. The van der Waals surface area contributed by atoms with Crippen molar-refractivity contribution in [2.75, 3.05) is 18.5 Å². The number of benzene rings is 2. The third-order valence-electron chi connectivity index (χ3n) is 4.44. The lowest BCUT2D eigenvalue weighted by molar-refractivity contribution is -0.117. The topological polar surface area (TPSA) is 47.6 Å². The van der Waals surface area contributed by atoms with E-state index in [-0.39, 0.29) is 17.7 Å². The monoisotopic (exact) mass is 309 g/mol. The molecule has 1 N–H and O–H groups in total. The summed E-state index contributed by atoms with van der Waals surface area (Å²) in [6.07, 6.45) is 0.886. The number of amides is 1. The summed E-state index contributed by atoms with van der Waals surface area (Å²) >= 11 is 0. The molecule has 2 atom stereocenters. The van der Waals surface area contributed by atoms with Gasteiger partial charge in [-0.05, 0) is 49.1 Å². The van der Waals surface area contributed by atoms with Crippen LogP contribution in [-0.2, 0) is 4.79 Å². The Morgan fingerprint density at radius 2 is 1.78 bits per heavy atom. The zero-order valence-corrected chi connectivity index (χ0v) is 13.0. The van der Waals surface area contributed by atoms with E-state index in [0.717, 1.165) is 29.2 Å². The first-order valence-electron chi connectivity index (χ1n) is 7.98. The van der Waals surface area contributed by atoms with Crippen LogP contribution in [0, 0.1) is 12.8 Å². The highest BCUT2D eigenvalue weighted by molar-refractivity contribution is 5.95. The summed E-state index contributed by atoms with van der Waals surface area (Å²) in [5.74, 6) is 1.99. The number of anilines is 1. The highest BCUT2D eigenvalue weighted by Crippen LogP contribution is 2.49. The second-order valence-corrected chi connectivity index (χ2v) is 6.21. The summed E-state index contributed by atoms with van der Waals surface area (Å²) in [7, 11) is 0. The normalized spacial score (nSPS) is 21.6. The Bertz CT molecular complexity index is 739. The predicted molar refractivity (Wildman–Crippen MR) is 88.1 cm³/mol. The third kappa shape index (κ3) is 2.89. The fourth-order valence-electron chi connectivity index (χ4n) is 3.02. The van der Waals surface area contributed by atoms with Gasteiger partial charge in [0.05, 0.1) is 0 Å². The molecule has 4 heteroatoms. The molecule has 0 unspecified atom stereocenters. The average molecular weight is 309 g/mol. The van der Waals surface area contributed by atoms with Gasteiger partial charge >= 0.3 is 0 Å². The van der Waals surface area contributed by atoms with Crippen LogP contribution in [0.25, 0.3) is 0 Å². The second kappa shape index (κ2) is 5.61. The van der Waals surface area contributed by atoms with Gasteiger partial charge < -0.3 is 14.8 Å². The van der Waals surface area contributed by atoms with Gasteiger partial charge in [-0.2, -0.15) is 0 Å². The van der Waals surface area contributed by atoms with Crippen molar-refractivity contribution < 1.29 is 14.3 Å². The molecule has 1 fully saturated rings. The van der Waals surface area contributed by atoms with Crippen LogP contribution in [-0.4, -0.2) is 19.1 Å². The van der Waals surface area contributed by atoms with Gasteiger partial charge in [-0.25, -0.2) is 0 Å². The second-order valence-electron chi connectivity index (χ2n) is 6.21. The van der Waals surface area contributed by atoms with Gasteiger partial charge in [0.25, 0.3) is 0 Å². The van der Waals surface area contributed by atoms with E-state index in [1.165, 1.54) is 5.56 Å². The van der Waals surface area contributed by atoms with Crippen molar-refractivity contribution in [1.82, 2.24) is 0 Å². The van der Waals surface area contributed by atoms with E-state index in [1.807, 2.05) is 49.4 Å². The average Bonchev–Trinajstić information content (AvgIpc) is 3.37. The number of hydrogen-bond donors (Lipinski definition) is 1. The van der Waals surface area contributed by atoms with Crippen LogP contribution in [0.4, 0.5) is 5.69 Å². The molecule has 1 aliphatic carbocycles. The fraction of sp³-hybridized carbons (Fsp3) is 0.316. The minimum atomic E-state index is 0.0406. The molecular formula is C19H19NO3. The molecule has 1 saturated carbocycles. The lowest BCUT2D eigenvalue weighted by Crippen LogP contribution is -2.16. The summed E-state index contributed by atoms with van der Waals surface area (Å²) in [6.45, 7) is 3.21. The van der Waals surface area contributed by atoms with Crippen LogP contribution in [0.5, 0.6) is 11.5 Å². The van der Waals surface area contributed by atoms with Crippen LogP contribution >= 0.6 is 0 Å². The summed E-state index contributed by atoms with van der Waals surface area (Å²) in [5.41, 5.74) is 3.19. The summed E-state index contributed by atoms with van der Waals surface area (Å²) in [5, 5.41) is 3.00. The van der Waals surface area contributed by atoms with Crippen molar-refractivity contribution in [1.29, 1.82) is 0 Å². The van der Waals surface area contributed by atoms with Crippen molar-refractivity contribution >= 4 is 11.6 Å². The number of fused-ring (bicyclic) bond motifs is 1. The third-order valence-corrected chi connectivity index (χ3v) is 4.44. The highest BCUT2D eigenvalue weighted by atomic mass is 16.6. The maximum Gasteiger partial charge on any atom is 0.228 e. The van der Waals surface area contributed by atoms with E-state index in [1.54, 1.807) is 0 Å². The zero-order valence-electron chi connectivity index (χ0n) is 13.0. The quantitative estimate of drug-likeness (QED) is 0.944. The number of carbonyl (C=O) groups excluding carboxylic acids is 1. The number of ether oxygens (including phenoxy) is 2. The first kappa shape index (κ1) is 14.1. The molecule has 0 radical (unpaired) electrons. The molecule has 2 aliphatic rings. The maximum absolute atomic E-state index is 12.4. The lowest BCUT2D eigenvalue weighted by Gasteiger charge is -2.18. The molecule has 118 valence electrons. The molecule has 4 rings (SSSR count). The standard InChI is InChI=1S/C19H19NO3/c1-12-2-5-14(6-3-12)20-19(21)16-11-15(16)13-4-7-17-18(10-13)23-9-8-22-17/h2-7,10,15-16H,8-9,11H2,1H3,(H,20,21)/t15-,16-/m0/s1. The summed E-state index contributed by atoms with van der Waals surface area (Å²) in [6, 6.07) is 13.9. The van der Waals surface area contributed by atoms with E-state index in [0.29, 0.717) is 13.2 Å². The Balaban J connectivity index is 1.43. The number of nitrogens with one attached hydrogen (secondary N) is 1. The number of aryl methyl sites for hydroxylation is 1. The minimum Gasteiger partial charge on any atom is -0.486 e. The minimum absolute atomic E-state index is 0.0406. The maximum atomic E-state index is 12.4. The van der Waals surface area contributed by atoms with Crippen LogP contribution in [0.1, 0.15) is 23.5 Å². The number of hydrogen-bond acceptors (Lipinski definition) is 3. The molecule has 0 spiro atoms. The smallest absolute Gasteiger partial charge is 0.228 e. The first-order chi connectivity index (χ1) is 11.2. The Kier molecular flexibility index (Phi) is 3.45. The van der Waals surface area contributed by atoms with Crippen LogP contribution in [0.15, 0.2) is 42.5 Å². The lowest BCUT2D eigenvalue weighted by atomic mass is 10.1. The van der Waals surface area contributed by atoms with Crippen LogP contribution in [0.3, 0.4) is 0 Å². The van der Waals surface area contributed by atoms with Crippen LogP contribution < -0.4 is 14.8 Å². The summed E-state index contributed by atoms with van der Waals surface area (Å²) < 4.78 is 11.2. The Labute approximate surface area is 135 Å². The van der Waals surface area contributed by atoms with Gasteiger partial charge in [0, 0.05) is 11.6 Å². The molecule has 1 heterocycles. The van der Waals surface area contributed by atoms with Crippen molar-refractivity contribution in [3.63, 3.8) is 0 Å². The summed E-state index contributed by atoms with van der Waals surface area (Å²) in [4.78, 5) is 12.4. The zero-order chi connectivity index (χ0) is 15.8. The van der Waals surface area contributed by atoms with Gasteiger partial charge in [0.1, 0.15) is 13.2 Å². The van der Waals surface area contributed by atoms with Crippen molar-refractivity contribution in [2.24, 2.45) is 5.92 Å². The molecule has 0 saturated heterocycles. The molecule has 4 nitrogen and oxygen atoms in total. The van der Waals surface area contributed by atoms with Gasteiger partial charge in [0.2, 0.25) is 5.91 Å². The molecule has 2 aromatic rings. The number of carbonyl (C=O) groups is 1. The van der Waals surface area contributed by atoms with Gasteiger partial charge in [0.15, 0.2) is 11.5 Å². The Morgan fingerprint density at radius 1 is 1.04 bits per heavy atom. The predicted octanol–water partition coefficient (Wildman–Crippen LogP) is 3.51. The molecule has 2 aromatic carbocycles. The van der Waals surface area contributed by atoms with E-state index in [2.05, 4.69) is 5.32 Å². The Morgan fingerprint density at radius 3 is 2.57 bits per heavy atom. The Hall–Kier alpha value is -2.49. The van der Waals surface area contributed by atoms with E-state index < -0.39 is 0 Å². The van der Waals surface area contributed by atoms with E-state index in [9.17, 15) is 4.79 Å². The fourth-order valence-corrected chi connectivity index (χ4v) is 3.02. The highest BCUT2D eigenvalue weighted by Gasteiger charge is 2.44. The largest absolute Gasteiger partial charge is 0.486 e. The number of rotatable bonds is 3. The SMILES string of the molecule is Cc1ccc(NC(=O)[C@H]2C[C@H]2c2ccc3c(c2)OCCO3)cc1. The van der Waals surface area contributed by atoms with E-state index in [4.69, 9.17) is 9.47 Å². The van der Waals surface area contributed by atoms with Gasteiger partial charge in [-0.3, -0.25) is 4.79 Å². The molecule has 0 aromatic heterocycles. The van der Waals surface area contributed by atoms with Gasteiger partial charge in [-0.15, -0.1) is 0 Å². The van der Waals surface area contributed by atoms with Crippen molar-refractivity contribution in [2.45, 2.75) is 19.3 Å². The molecule has 1 amide bonds. The molecule has 23 heavy (non-hydrogen) atoms. The van der Waals surface area contributed by atoms with E-state index >= 15 is 0 Å². The van der Waals surface area contributed by atoms with Crippen molar-refractivity contribution in [3.05, 3.63) is 53.6 Å². The first-order valence-corrected chi connectivity index (χ1v) is 7.98. The molecule has 1 aliphatic heterocycles.